The molecule has 4 nitrogen and oxygen atoms in total. The predicted octanol–water partition coefficient (Wildman–Crippen LogP) is 3.46. The van der Waals surface area contributed by atoms with Gasteiger partial charge in [-0.15, -0.1) is 0 Å². The molecule has 0 aliphatic rings. The summed E-state index contributed by atoms with van der Waals surface area (Å²) >= 11 is 0. The lowest BCUT2D eigenvalue weighted by Gasteiger charge is -2.09. The van der Waals surface area contributed by atoms with E-state index >= 15 is 0 Å². The summed E-state index contributed by atoms with van der Waals surface area (Å²) in [6, 6.07) is 6.24. The van der Waals surface area contributed by atoms with Crippen LogP contribution in [0.4, 0.5) is 22.0 Å². The van der Waals surface area contributed by atoms with Crippen molar-refractivity contribution < 1.29 is 36.3 Å². The van der Waals surface area contributed by atoms with Crippen LogP contribution < -0.4 is 5.32 Å². The van der Waals surface area contributed by atoms with Gasteiger partial charge >= 0.3 is 12.1 Å². The van der Waals surface area contributed by atoms with E-state index in [0.717, 1.165) is 24.3 Å². The van der Waals surface area contributed by atoms with Gasteiger partial charge in [-0.1, -0.05) is 12.1 Å². The normalized spacial score (nSPS) is 11.1. The molecule has 9 heteroatoms. The summed E-state index contributed by atoms with van der Waals surface area (Å²) in [7, 11) is 0. The Labute approximate surface area is 144 Å². The van der Waals surface area contributed by atoms with E-state index in [4.69, 9.17) is 0 Å². The summed E-state index contributed by atoms with van der Waals surface area (Å²) in [5, 5.41) is 2.34. The zero-order chi connectivity index (χ0) is 19.3. The number of hydrogen-bond donors (Lipinski definition) is 1. The van der Waals surface area contributed by atoms with E-state index in [0.29, 0.717) is 11.6 Å². The third-order valence-corrected chi connectivity index (χ3v) is 3.20. The van der Waals surface area contributed by atoms with Gasteiger partial charge in [0.2, 0.25) is 0 Å². The van der Waals surface area contributed by atoms with Gasteiger partial charge in [0.15, 0.2) is 6.61 Å². The smallest absolute Gasteiger partial charge is 0.416 e. The first kappa shape index (κ1) is 19.4. The van der Waals surface area contributed by atoms with E-state index in [2.05, 4.69) is 10.1 Å². The van der Waals surface area contributed by atoms with E-state index < -0.39 is 47.4 Å². The highest BCUT2D eigenvalue weighted by Crippen LogP contribution is 2.29. The van der Waals surface area contributed by atoms with Crippen molar-refractivity contribution in [2.45, 2.75) is 12.7 Å². The standard InChI is InChI=1S/C17H12F5NO3/c18-13-5-11(6-14(19)7-13)16(25)26-9-15(24)23-8-10-1-3-12(4-2-10)17(20,21)22/h1-7H,8-9H2,(H,23,24). The minimum absolute atomic E-state index is 0.0802. The lowest BCUT2D eigenvalue weighted by atomic mass is 10.1. The van der Waals surface area contributed by atoms with Gasteiger partial charge in [0.1, 0.15) is 11.6 Å². The number of esters is 1. The summed E-state index contributed by atoms with van der Waals surface area (Å²) in [6.07, 6.45) is -4.45. The maximum atomic E-state index is 13.0. The fourth-order valence-electron chi connectivity index (χ4n) is 1.95. The molecule has 0 fully saturated rings. The number of alkyl halides is 3. The molecule has 0 radical (unpaired) electrons. The van der Waals surface area contributed by atoms with Crippen molar-refractivity contribution in [1.82, 2.24) is 5.32 Å². The first-order valence-corrected chi connectivity index (χ1v) is 7.21. The Balaban J connectivity index is 1.82. The van der Waals surface area contributed by atoms with Crippen molar-refractivity contribution in [3.63, 3.8) is 0 Å². The largest absolute Gasteiger partial charge is 0.452 e. The zero-order valence-electron chi connectivity index (χ0n) is 13.1. The number of carbonyl (C=O) groups is 2. The molecule has 0 saturated carbocycles. The van der Waals surface area contributed by atoms with E-state index in [1.807, 2.05) is 0 Å². The molecule has 0 aliphatic carbocycles. The van der Waals surface area contributed by atoms with Gasteiger partial charge in [-0.2, -0.15) is 13.2 Å². The second kappa shape index (κ2) is 7.94. The average molecular weight is 373 g/mol. The van der Waals surface area contributed by atoms with E-state index in [1.165, 1.54) is 12.1 Å². The van der Waals surface area contributed by atoms with E-state index in [9.17, 15) is 31.5 Å². The molecule has 0 bridgehead atoms. The highest BCUT2D eigenvalue weighted by molar-refractivity contribution is 5.91. The fraction of sp³-hybridized carbons (Fsp3) is 0.176. The first-order valence-electron chi connectivity index (χ1n) is 7.21. The molecule has 0 unspecified atom stereocenters. The number of amides is 1. The predicted molar refractivity (Wildman–Crippen MR) is 79.9 cm³/mol. The van der Waals surface area contributed by atoms with Crippen molar-refractivity contribution in [2.24, 2.45) is 0 Å². The molecule has 0 atom stereocenters. The van der Waals surface area contributed by atoms with E-state index in [-0.39, 0.29) is 6.54 Å². The third-order valence-electron chi connectivity index (χ3n) is 3.20. The Hall–Kier alpha value is -2.97. The van der Waals surface area contributed by atoms with Gasteiger partial charge in [0.05, 0.1) is 11.1 Å². The second-order valence-electron chi connectivity index (χ2n) is 5.21. The third kappa shape index (κ3) is 5.54. The Morgan fingerprint density at radius 3 is 2.08 bits per heavy atom. The number of halogens is 5. The van der Waals surface area contributed by atoms with Crippen LogP contribution in [0.3, 0.4) is 0 Å². The van der Waals surface area contributed by atoms with Gasteiger partial charge < -0.3 is 10.1 Å². The lowest BCUT2D eigenvalue weighted by Crippen LogP contribution is -2.28. The quantitative estimate of drug-likeness (QED) is 0.645. The molecule has 0 aliphatic heterocycles. The number of carbonyl (C=O) groups excluding carboxylic acids is 2. The van der Waals surface area contributed by atoms with Crippen molar-refractivity contribution in [2.75, 3.05) is 6.61 Å². The second-order valence-corrected chi connectivity index (χ2v) is 5.21. The van der Waals surface area contributed by atoms with Crippen LogP contribution in [0.2, 0.25) is 0 Å². The highest BCUT2D eigenvalue weighted by Gasteiger charge is 2.29. The zero-order valence-corrected chi connectivity index (χ0v) is 13.1. The molecular formula is C17H12F5NO3. The number of benzene rings is 2. The summed E-state index contributed by atoms with van der Waals surface area (Å²) in [6.45, 7) is -0.791. The van der Waals surface area contributed by atoms with Crippen LogP contribution in [0.5, 0.6) is 0 Å². The minimum atomic E-state index is -4.45. The summed E-state index contributed by atoms with van der Waals surface area (Å²) in [4.78, 5) is 23.2. The SMILES string of the molecule is O=C(COC(=O)c1cc(F)cc(F)c1)NCc1ccc(C(F)(F)F)cc1. The Kier molecular flexibility index (Phi) is 5.91. The molecule has 0 heterocycles. The van der Waals surface area contributed by atoms with Gasteiger partial charge in [-0.3, -0.25) is 4.79 Å². The minimum Gasteiger partial charge on any atom is -0.452 e. The van der Waals surface area contributed by atoms with Crippen LogP contribution in [0.15, 0.2) is 42.5 Å². The molecule has 1 amide bonds. The molecular weight excluding hydrogens is 361 g/mol. The molecule has 0 saturated heterocycles. The van der Waals surface area contributed by atoms with Crippen LogP contribution in [-0.2, 0) is 22.3 Å². The van der Waals surface area contributed by atoms with Crippen LogP contribution in [0.1, 0.15) is 21.5 Å². The van der Waals surface area contributed by atoms with Crippen LogP contribution >= 0.6 is 0 Å². The van der Waals surface area contributed by atoms with Gasteiger partial charge in [-0.05, 0) is 29.8 Å². The number of ether oxygens (including phenoxy) is 1. The Morgan fingerprint density at radius 1 is 0.962 bits per heavy atom. The lowest BCUT2D eigenvalue weighted by molar-refractivity contribution is -0.137. The molecule has 138 valence electrons. The van der Waals surface area contributed by atoms with E-state index in [1.54, 1.807) is 0 Å². The topological polar surface area (TPSA) is 55.4 Å². The van der Waals surface area contributed by atoms with Gasteiger partial charge in [0, 0.05) is 12.6 Å². The Bertz CT molecular complexity index is 783. The molecule has 0 aromatic heterocycles. The number of nitrogens with one attached hydrogen (secondary N) is 1. The molecule has 2 aromatic carbocycles. The van der Waals surface area contributed by atoms with Gasteiger partial charge in [-0.25, -0.2) is 13.6 Å². The van der Waals surface area contributed by atoms with Crippen molar-refractivity contribution in [3.05, 3.63) is 70.8 Å². The molecule has 26 heavy (non-hydrogen) atoms. The van der Waals surface area contributed by atoms with Gasteiger partial charge in [0.25, 0.3) is 5.91 Å². The number of rotatable bonds is 5. The van der Waals surface area contributed by atoms with Crippen molar-refractivity contribution >= 4 is 11.9 Å². The van der Waals surface area contributed by atoms with Crippen molar-refractivity contribution in [1.29, 1.82) is 0 Å². The fourth-order valence-corrected chi connectivity index (χ4v) is 1.95. The van der Waals surface area contributed by atoms with Crippen LogP contribution in [-0.4, -0.2) is 18.5 Å². The maximum absolute atomic E-state index is 13.0. The summed E-state index contributed by atoms with van der Waals surface area (Å²) < 4.78 is 67.9. The van der Waals surface area contributed by atoms with Crippen LogP contribution in [0.25, 0.3) is 0 Å². The highest BCUT2D eigenvalue weighted by atomic mass is 19.4. The maximum Gasteiger partial charge on any atom is 0.416 e. The first-order chi connectivity index (χ1) is 12.1. The van der Waals surface area contributed by atoms with Crippen LogP contribution in [0, 0.1) is 11.6 Å². The molecule has 1 N–H and O–H groups in total. The summed E-state index contributed by atoms with van der Waals surface area (Å²) in [5.74, 6) is -3.75. The average Bonchev–Trinajstić information content (AvgIpc) is 2.56. The molecule has 2 rings (SSSR count). The number of hydrogen-bond acceptors (Lipinski definition) is 3. The monoisotopic (exact) mass is 373 g/mol. The Morgan fingerprint density at radius 2 is 1.54 bits per heavy atom. The van der Waals surface area contributed by atoms with Crippen molar-refractivity contribution in [3.8, 4) is 0 Å². The molecule has 0 spiro atoms. The summed E-state index contributed by atoms with van der Waals surface area (Å²) in [5.41, 5.74) is -0.799. The molecule has 2 aromatic rings.